The Balaban J connectivity index is 2.73. The first-order valence-corrected chi connectivity index (χ1v) is 3.57. The second-order valence-electron chi connectivity index (χ2n) is 2.69. The lowest BCUT2D eigenvalue weighted by Gasteiger charge is -2.19. The average molecular weight is 156 g/mol. The van der Waals surface area contributed by atoms with Gasteiger partial charge in [-0.05, 0) is 20.8 Å². The van der Waals surface area contributed by atoms with Gasteiger partial charge in [-0.3, -0.25) is 0 Å². The van der Waals surface area contributed by atoms with Crippen molar-refractivity contribution in [1.29, 1.82) is 0 Å². The maximum absolute atomic E-state index is 5.38. The van der Waals surface area contributed by atoms with Crippen LogP contribution in [0.2, 0.25) is 0 Å². The Kier molecular flexibility index (Phi) is 2.24. The SMILES string of the molecule is CCOC(C)(C)c1nnco1. The highest BCUT2D eigenvalue weighted by Crippen LogP contribution is 2.21. The maximum atomic E-state index is 5.38. The Morgan fingerprint density at radius 3 is 2.82 bits per heavy atom. The lowest BCUT2D eigenvalue weighted by atomic mass is 10.1. The smallest absolute Gasteiger partial charge is 0.247 e. The highest BCUT2D eigenvalue weighted by atomic mass is 16.5. The number of rotatable bonds is 3. The zero-order valence-electron chi connectivity index (χ0n) is 7.00. The van der Waals surface area contributed by atoms with Crippen LogP contribution >= 0.6 is 0 Å². The summed E-state index contributed by atoms with van der Waals surface area (Å²) in [6.07, 6.45) is 1.30. The van der Waals surface area contributed by atoms with Crippen molar-refractivity contribution in [3.05, 3.63) is 12.3 Å². The zero-order valence-corrected chi connectivity index (χ0v) is 7.00. The van der Waals surface area contributed by atoms with E-state index in [4.69, 9.17) is 9.15 Å². The van der Waals surface area contributed by atoms with Gasteiger partial charge in [0.25, 0.3) is 0 Å². The molecular weight excluding hydrogens is 144 g/mol. The quantitative estimate of drug-likeness (QED) is 0.662. The first-order chi connectivity index (χ1) is 5.17. The molecule has 0 bridgehead atoms. The number of aromatic nitrogens is 2. The van der Waals surface area contributed by atoms with Gasteiger partial charge in [-0.25, -0.2) is 0 Å². The lowest BCUT2D eigenvalue weighted by molar-refractivity contribution is -0.0337. The summed E-state index contributed by atoms with van der Waals surface area (Å²) in [5, 5.41) is 7.34. The van der Waals surface area contributed by atoms with E-state index in [2.05, 4.69) is 10.2 Å². The molecular formula is C7H12N2O2. The Morgan fingerprint density at radius 1 is 1.64 bits per heavy atom. The number of hydrogen-bond donors (Lipinski definition) is 0. The molecule has 1 aromatic heterocycles. The fourth-order valence-electron chi connectivity index (χ4n) is 0.858. The molecule has 0 aliphatic heterocycles. The molecule has 0 amide bonds. The first kappa shape index (κ1) is 8.20. The highest BCUT2D eigenvalue weighted by Gasteiger charge is 2.25. The van der Waals surface area contributed by atoms with Crippen LogP contribution in [0.1, 0.15) is 26.7 Å². The van der Waals surface area contributed by atoms with Crippen molar-refractivity contribution in [2.24, 2.45) is 0 Å². The summed E-state index contributed by atoms with van der Waals surface area (Å²) >= 11 is 0. The average Bonchev–Trinajstić information content (AvgIpc) is 2.37. The van der Waals surface area contributed by atoms with E-state index in [0.717, 1.165) is 0 Å². The van der Waals surface area contributed by atoms with E-state index in [1.807, 2.05) is 20.8 Å². The summed E-state index contributed by atoms with van der Waals surface area (Å²) in [6, 6.07) is 0. The predicted octanol–water partition coefficient (Wildman–Crippen LogP) is 1.34. The molecule has 1 rings (SSSR count). The van der Waals surface area contributed by atoms with E-state index >= 15 is 0 Å². The van der Waals surface area contributed by atoms with Crippen molar-refractivity contribution >= 4 is 0 Å². The van der Waals surface area contributed by atoms with Gasteiger partial charge < -0.3 is 9.15 Å². The van der Waals surface area contributed by atoms with Crippen molar-refractivity contribution in [2.45, 2.75) is 26.4 Å². The summed E-state index contributed by atoms with van der Waals surface area (Å²) < 4.78 is 10.4. The molecule has 0 saturated heterocycles. The first-order valence-electron chi connectivity index (χ1n) is 3.57. The van der Waals surface area contributed by atoms with E-state index in [9.17, 15) is 0 Å². The minimum absolute atomic E-state index is 0.467. The maximum Gasteiger partial charge on any atom is 0.247 e. The molecule has 0 N–H and O–H groups in total. The number of ether oxygens (including phenoxy) is 1. The van der Waals surface area contributed by atoms with E-state index in [1.165, 1.54) is 6.39 Å². The van der Waals surface area contributed by atoms with Gasteiger partial charge in [-0.15, -0.1) is 10.2 Å². The standard InChI is InChI=1S/C7H12N2O2/c1-4-11-7(2,3)6-9-8-5-10-6/h5H,4H2,1-3H3. The van der Waals surface area contributed by atoms with Crippen LogP contribution in [0.5, 0.6) is 0 Å². The lowest BCUT2D eigenvalue weighted by Crippen LogP contribution is -2.21. The molecule has 0 saturated carbocycles. The van der Waals surface area contributed by atoms with Gasteiger partial charge >= 0.3 is 0 Å². The summed E-state index contributed by atoms with van der Waals surface area (Å²) in [4.78, 5) is 0. The molecule has 62 valence electrons. The van der Waals surface area contributed by atoms with Gasteiger partial charge in [-0.2, -0.15) is 0 Å². The normalized spacial score (nSPS) is 11.9. The number of hydrogen-bond acceptors (Lipinski definition) is 4. The monoisotopic (exact) mass is 156 g/mol. The van der Waals surface area contributed by atoms with Crippen LogP contribution in [-0.4, -0.2) is 16.8 Å². The molecule has 0 unspecified atom stereocenters. The van der Waals surface area contributed by atoms with Crippen LogP contribution in [0.4, 0.5) is 0 Å². The second-order valence-corrected chi connectivity index (χ2v) is 2.69. The van der Waals surface area contributed by atoms with Gasteiger partial charge in [-0.1, -0.05) is 0 Å². The minimum atomic E-state index is -0.467. The van der Waals surface area contributed by atoms with Crippen molar-refractivity contribution in [2.75, 3.05) is 6.61 Å². The summed E-state index contributed by atoms with van der Waals surface area (Å²) in [6.45, 7) is 6.35. The molecule has 0 spiro atoms. The molecule has 11 heavy (non-hydrogen) atoms. The van der Waals surface area contributed by atoms with Gasteiger partial charge in [0.15, 0.2) is 0 Å². The molecule has 4 heteroatoms. The van der Waals surface area contributed by atoms with Gasteiger partial charge in [0.05, 0.1) is 0 Å². The summed E-state index contributed by atoms with van der Waals surface area (Å²) in [5.41, 5.74) is -0.467. The number of nitrogens with zero attached hydrogens (tertiary/aromatic N) is 2. The Labute approximate surface area is 65.6 Å². The van der Waals surface area contributed by atoms with Crippen LogP contribution in [-0.2, 0) is 10.3 Å². The fraction of sp³-hybridized carbons (Fsp3) is 0.714. The van der Waals surface area contributed by atoms with Crippen LogP contribution in [0.15, 0.2) is 10.8 Å². The van der Waals surface area contributed by atoms with Gasteiger partial charge in [0.2, 0.25) is 12.3 Å². The van der Waals surface area contributed by atoms with E-state index in [1.54, 1.807) is 0 Å². The summed E-state index contributed by atoms with van der Waals surface area (Å²) in [5.74, 6) is 0.513. The van der Waals surface area contributed by atoms with Gasteiger partial charge in [0, 0.05) is 6.61 Å². The fourth-order valence-corrected chi connectivity index (χ4v) is 0.858. The molecule has 0 fully saturated rings. The van der Waals surface area contributed by atoms with Crippen LogP contribution in [0.3, 0.4) is 0 Å². The third-order valence-corrected chi connectivity index (χ3v) is 1.38. The molecule has 4 nitrogen and oxygen atoms in total. The highest BCUT2D eigenvalue weighted by molar-refractivity contribution is 4.89. The Bertz CT molecular complexity index is 206. The third-order valence-electron chi connectivity index (χ3n) is 1.38. The van der Waals surface area contributed by atoms with Crippen LogP contribution in [0, 0.1) is 0 Å². The third kappa shape index (κ3) is 1.77. The van der Waals surface area contributed by atoms with Crippen LogP contribution in [0.25, 0.3) is 0 Å². The largest absolute Gasteiger partial charge is 0.425 e. The molecule has 1 aromatic rings. The van der Waals surface area contributed by atoms with Crippen molar-refractivity contribution in [3.8, 4) is 0 Å². The van der Waals surface area contributed by atoms with Gasteiger partial charge in [0.1, 0.15) is 5.60 Å². The van der Waals surface area contributed by atoms with Crippen molar-refractivity contribution in [3.63, 3.8) is 0 Å². The molecule has 0 aliphatic carbocycles. The van der Waals surface area contributed by atoms with Crippen molar-refractivity contribution < 1.29 is 9.15 Å². The second kappa shape index (κ2) is 3.00. The molecule has 0 aromatic carbocycles. The molecule has 0 radical (unpaired) electrons. The Morgan fingerprint density at radius 2 is 2.36 bits per heavy atom. The van der Waals surface area contributed by atoms with E-state index in [0.29, 0.717) is 12.5 Å². The molecule has 0 atom stereocenters. The molecule has 1 heterocycles. The van der Waals surface area contributed by atoms with E-state index < -0.39 is 5.60 Å². The summed E-state index contributed by atoms with van der Waals surface area (Å²) in [7, 11) is 0. The Hall–Kier alpha value is -0.900. The minimum Gasteiger partial charge on any atom is -0.425 e. The predicted molar refractivity (Wildman–Crippen MR) is 39.0 cm³/mol. The van der Waals surface area contributed by atoms with Crippen LogP contribution < -0.4 is 0 Å². The molecule has 0 aliphatic rings. The zero-order chi connectivity index (χ0) is 8.32. The topological polar surface area (TPSA) is 48.2 Å². The van der Waals surface area contributed by atoms with Crippen molar-refractivity contribution in [1.82, 2.24) is 10.2 Å². The van der Waals surface area contributed by atoms with E-state index in [-0.39, 0.29) is 0 Å².